The molecule has 1 aliphatic heterocycles. The summed E-state index contributed by atoms with van der Waals surface area (Å²) < 4.78 is 19.7. The van der Waals surface area contributed by atoms with Gasteiger partial charge in [-0.1, -0.05) is 6.92 Å². The van der Waals surface area contributed by atoms with E-state index in [1.165, 1.54) is 0 Å². The molecule has 0 saturated carbocycles. The molecule has 1 aromatic heterocycles. The van der Waals surface area contributed by atoms with E-state index in [0.717, 1.165) is 47.3 Å². The van der Waals surface area contributed by atoms with Crippen LogP contribution in [0.3, 0.4) is 0 Å². The Hall–Kier alpha value is -1.68. The van der Waals surface area contributed by atoms with Crippen molar-refractivity contribution in [2.45, 2.75) is 33.3 Å². The molecule has 0 bridgehead atoms. The zero-order valence-corrected chi connectivity index (χ0v) is 11.9. The Morgan fingerprint density at radius 3 is 3.05 bits per heavy atom. The van der Waals surface area contributed by atoms with Gasteiger partial charge in [0.15, 0.2) is 0 Å². The summed E-state index contributed by atoms with van der Waals surface area (Å²) in [6.07, 6.45) is 1.77. The lowest BCUT2D eigenvalue weighted by atomic mass is 10.0. The molecule has 1 N–H and O–H groups in total. The van der Waals surface area contributed by atoms with Crippen LogP contribution in [0.1, 0.15) is 30.2 Å². The van der Waals surface area contributed by atoms with Gasteiger partial charge in [-0.25, -0.2) is 9.37 Å². The van der Waals surface area contributed by atoms with Gasteiger partial charge in [-0.05, 0) is 31.0 Å². The van der Waals surface area contributed by atoms with E-state index in [9.17, 15) is 4.39 Å². The molecular weight excluding hydrogens is 255 g/mol. The second kappa shape index (κ2) is 5.37. The van der Waals surface area contributed by atoms with Crippen LogP contribution in [0, 0.1) is 12.7 Å². The third kappa shape index (κ3) is 2.24. The highest BCUT2D eigenvalue weighted by molar-refractivity contribution is 5.94. The molecular formula is C16H19FN2O. The molecule has 0 saturated heterocycles. The number of hydrogen-bond donors (Lipinski definition) is 1. The smallest absolute Gasteiger partial charge is 0.149 e. The molecule has 0 aliphatic carbocycles. The second-order valence-electron chi connectivity index (χ2n) is 5.28. The van der Waals surface area contributed by atoms with E-state index in [1.54, 1.807) is 6.07 Å². The van der Waals surface area contributed by atoms with Crippen molar-refractivity contribution in [2.24, 2.45) is 0 Å². The molecule has 20 heavy (non-hydrogen) atoms. The third-order valence-electron chi connectivity index (χ3n) is 3.66. The molecule has 4 heteroatoms. The fraction of sp³-hybridized carbons (Fsp3) is 0.438. The van der Waals surface area contributed by atoms with E-state index in [-0.39, 0.29) is 5.82 Å². The van der Waals surface area contributed by atoms with Crippen LogP contribution in [0.15, 0.2) is 12.1 Å². The lowest BCUT2D eigenvalue weighted by Gasteiger charge is -2.22. The molecule has 0 amide bonds. The normalized spacial score (nSPS) is 14.3. The van der Waals surface area contributed by atoms with Crippen molar-refractivity contribution in [3.63, 3.8) is 0 Å². The largest absolute Gasteiger partial charge is 0.384 e. The highest BCUT2D eigenvalue weighted by Crippen LogP contribution is 2.33. The predicted octanol–water partition coefficient (Wildman–Crippen LogP) is 3.58. The topological polar surface area (TPSA) is 34.2 Å². The van der Waals surface area contributed by atoms with Crippen LogP contribution in [0.25, 0.3) is 10.9 Å². The Kier molecular flexibility index (Phi) is 3.57. The number of aryl methyl sites for hydroxylation is 1. The number of nitrogens with one attached hydrogen (secondary N) is 1. The maximum Gasteiger partial charge on any atom is 0.149 e. The summed E-state index contributed by atoms with van der Waals surface area (Å²) in [4.78, 5) is 4.53. The number of nitrogens with zero attached hydrogens (tertiary/aromatic N) is 1. The molecule has 0 spiro atoms. The standard InChI is InChI=1S/C16H19FN2O/c1-3-5-18-15-11-7-10(2)8-13(17)16(11)19-14-4-6-20-9-12(14)15/h7-8H,3-6,9H2,1-2H3,(H,18,19). The molecule has 1 aliphatic rings. The predicted molar refractivity (Wildman–Crippen MR) is 78.6 cm³/mol. The van der Waals surface area contributed by atoms with Gasteiger partial charge < -0.3 is 10.1 Å². The zero-order valence-electron chi connectivity index (χ0n) is 11.9. The molecule has 0 radical (unpaired) electrons. The monoisotopic (exact) mass is 274 g/mol. The summed E-state index contributed by atoms with van der Waals surface area (Å²) in [5, 5.41) is 4.29. The number of fused-ring (bicyclic) bond motifs is 2. The highest BCUT2D eigenvalue weighted by Gasteiger charge is 2.20. The Morgan fingerprint density at radius 2 is 2.25 bits per heavy atom. The highest BCUT2D eigenvalue weighted by atomic mass is 19.1. The minimum atomic E-state index is -0.242. The first-order valence-electron chi connectivity index (χ1n) is 7.14. The van der Waals surface area contributed by atoms with Gasteiger partial charge in [0.25, 0.3) is 0 Å². The molecule has 0 unspecified atom stereocenters. The van der Waals surface area contributed by atoms with E-state index in [1.807, 2.05) is 13.0 Å². The Labute approximate surface area is 118 Å². The maximum absolute atomic E-state index is 14.2. The molecule has 2 heterocycles. The van der Waals surface area contributed by atoms with Crippen molar-refractivity contribution >= 4 is 16.6 Å². The quantitative estimate of drug-likeness (QED) is 0.929. The number of aromatic nitrogens is 1. The zero-order chi connectivity index (χ0) is 14.1. The van der Waals surface area contributed by atoms with Crippen LogP contribution >= 0.6 is 0 Å². The van der Waals surface area contributed by atoms with Crippen LogP contribution < -0.4 is 5.32 Å². The van der Waals surface area contributed by atoms with Gasteiger partial charge in [0.1, 0.15) is 11.3 Å². The molecule has 2 aromatic rings. The number of anilines is 1. The summed E-state index contributed by atoms with van der Waals surface area (Å²) in [5.41, 5.74) is 4.42. The van der Waals surface area contributed by atoms with Crippen molar-refractivity contribution in [3.8, 4) is 0 Å². The van der Waals surface area contributed by atoms with Gasteiger partial charge in [-0.15, -0.1) is 0 Å². The summed E-state index contributed by atoms with van der Waals surface area (Å²) in [5.74, 6) is -0.242. The van der Waals surface area contributed by atoms with Gasteiger partial charge >= 0.3 is 0 Å². The van der Waals surface area contributed by atoms with Crippen molar-refractivity contribution in [3.05, 3.63) is 34.8 Å². The first-order valence-corrected chi connectivity index (χ1v) is 7.14. The van der Waals surface area contributed by atoms with Gasteiger partial charge in [0, 0.05) is 23.9 Å². The summed E-state index contributed by atoms with van der Waals surface area (Å²) >= 11 is 0. The summed E-state index contributed by atoms with van der Waals surface area (Å²) in [6.45, 7) is 6.10. The van der Waals surface area contributed by atoms with Crippen molar-refractivity contribution in [1.82, 2.24) is 4.98 Å². The maximum atomic E-state index is 14.2. The van der Waals surface area contributed by atoms with Gasteiger partial charge in [0.05, 0.1) is 24.6 Å². The van der Waals surface area contributed by atoms with Crippen molar-refractivity contribution in [2.75, 3.05) is 18.5 Å². The molecule has 106 valence electrons. The van der Waals surface area contributed by atoms with Gasteiger partial charge in [0.2, 0.25) is 0 Å². The third-order valence-corrected chi connectivity index (χ3v) is 3.66. The second-order valence-corrected chi connectivity index (χ2v) is 5.28. The molecule has 3 rings (SSSR count). The summed E-state index contributed by atoms with van der Waals surface area (Å²) in [6, 6.07) is 3.54. The molecule has 1 aromatic carbocycles. The number of pyridine rings is 1. The lowest BCUT2D eigenvalue weighted by molar-refractivity contribution is 0.110. The number of hydrogen-bond acceptors (Lipinski definition) is 3. The van der Waals surface area contributed by atoms with Crippen LogP contribution in [-0.2, 0) is 17.8 Å². The fourth-order valence-corrected chi connectivity index (χ4v) is 2.71. The van der Waals surface area contributed by atoms with Crippen molar-refractivity contribution in [1.29, 1.82) is 0 Å². The average Bonchev–Trinajstić information content (AvgIpc) is 2.44. The SMILES string of the molecule is CCCNc1c2c(nc3c(F)cc(C)cc13)CCOC2. The Bertz CT molecular complexity index is 655. The molecule has 0 atom stereocenters. The molecule has 3 nitrogen and oxygen atoms in total. The Balaban J connectivity index is 2.27. The van der Waals surface area contributed by atoms with E-state index in [2.05, 4.69) is 17.2 Å². The average molecular weight is 274 g/mol. The number of benzene rings is 1. The number of ether oxygens (including phenoxy) is 1. The number of halogens is 1. The minimum absolute atomic E-state index is 0.242. The lowest BCUT2D eigenvalue weighted by Crippen LogP contribution is -2.16. The van der Waals surface area contributed by atoms with E-state index < -0.39 is 0 Å². The van der Waals surface area contributed by atoms with Gasteiger partial charge in [-0.3, -0.25) is 0 Å². The van der Waals surface area contributed by atoms with Gasteiger partial charge in [-0.2, -0.15) is 0 Å². The number of rotatable bonds is 3. The van der Waals surface area contributed by atoms with Crippen LogP contribution in [0.5, 0.6) is 0 Å². The van der Waals surface area contributed by atoms with E-state index in [4.69, 9.17) is 4.74 Å². The van der Waals surface area contributed by atoms with Crippen molar-refractivity contribution < 1.29 is 9.13 Å². The summed E-state index contributed by atoms with van der Waals surface area (Å²) in [7, 11) is 0. The van der Waals surface area contributed by atoms with Crippen LogP contribution in [0.4, 0.5) is 10.1 Å². The first kappa shape index (κ1) is 13.3. The van der Waals surface area contributed by atoms with Crippen LogP contribution in [0.2, 0.25) is 0 Å². The van der Waals surface area contributed by atoms with E-state index in [0.29, 0.717) is 18.7 Å². The Morgan fingerprint density at radius 1 is 1.40 bits per heavy atom. The first-order chi connectivity index (χ1) is 9.70. The fourth-order valence-electron chi connectivity index (χ4n) is 2.71. The minimum Gasteiger partial charge on any atom is -0.384 e. The molecule has 0 fully saturated rings. The van der Waals surface area contributed by atoms with Crippen LogP contribution in [-0.4, -0.2) is 18.1 Å². The van der Waals surface area contributed by atoms with E-state index >= 15 is 0 Å².